The number of carbonyl (C=O) groups is 1. The summed E-state index contributed by atoms with van der Waals surface area (Å²) in [6.45, 7) is 1.75. The predicted molar refractivity (Wildman–Crippen MR) is 114 cm³/mol. The van der Waals surface area contributed by atoms with E-state index in [-0.39, 0.29) is 23.7 Å². The second-order valence-corrected chi connectivity index (χ2v) is 9.09. The Morgan fingerprint density at radius 1 is 1.16 bits per heavy atom. The molecule has 1 unspecified atom stereocenters. The van der Waals surface area contributed by atoms with Gasteiger partial charge in [0.15, 0.2) is 0 Å². The standard InChI is InChI=1S/C24H24F3N3O2/c1-13-3-2-4-20-21(13)22(31)17(12-28-20)23(32)29-19-10-9-16(11-18(19)24(25,26)27)30-14-5-6-15(30)8-7-14/h2-4,9-10,12,14-16H,5-8,11H2,1H3,(H,28,31)(H,29,32)/p+1. The van der Waals surface area contributed by atoms with Crippen LogP contribution in [0.4, 0.5) is 13.2 Å². The van der Waals surface area contributed by atoms with Crippen LogP contribution in [0.25, 0.3) is 10.9 Å². The summed E-state index contributed by atoms with van der Waals surface area (Å²) in [5, 5.41) is 2.73. The van der Waals surface area contributed by atoms with Crippen molar-refractivity contribution in [2.75, 3.05) is 0 Å². The number of alkyl halides is 3. The van der Waals surface area contributed by atoms with Crippen LogP contribution in [0.3, 0.4) is 0 Å². The van der Waals surface area contributed by atoms with Gasteiger partial charge in [-0.3, -0.25) is 9.59 Å². The molecule has 32 heavy (non-hydrogen) atoms. The maximum Gasteiger partial charge on any atom is 0.414 e. The largest absolute Gasteiger partial charge is 0.414 e. The van der Waals surface area contributed by atoms with Gasteiger partial charge in [-0.2, -0.15) is 13.2 Å². The number of nitrogens with one attached hydrogen (secondary N) is 3. The fourth-order valence-electron chi connectivity index (χ4n) is 5.82. The van der Waals surface area contributed by atoms with E-state index in [9.17, 15) is 22.8 Å². The number of aromatic nitrogens is 1. The molecule has 3 N–H and O–H groups in total. The van der Waals surface area contributed by atoms with E-state index in [1.165, 1.54) is 17.2 Å². The molecular formula is C24H25F3N3O2+. The Bertz CT molecular complexity index is 1190. The molecule has 1 aromatic carbocycles. The number of aryl methyl sites for hydroxylation is 1. The first-order valence-corrected chi connectivity index (χ1v) is 11.0. The molecule has 0 radical (unpaired) electrons. The summed E-state index contributed by atoms with van der Waals surface area (Å²) in [7, 11) is 0. The zero-order valence-corrected chi connectivity index (χ0v) is 17.7. The average molecular weight is 444 g/mol. The first kappa shape index (κ1) is 21.0. The highest BCUT2D eigenvalue weighted by molar-refractivity contribution is 5.98. The van der Waals surface area contributed by atoms with Crippen LogP contribution in [0.1, 0.15) is 48.0 Å². The molecule has 2 fully saturated rings. The number of fused-ring (bicyclic) bond motifs is 3. The number of benzene rings is 1. The van der Waals surface area contributed by atoms with Crippen molar-refractivity contribution < 1.29 is 22.9 Å². The van der Waals surface area contributed by atoms with Crippen molar-refractivity contribution in [1.82, 2.24) is 10.3 Å². The molecule has 8 heteroatoms. The lowest BCUT2D eigenvalue weighted by Gasteiger charge is -2.31. The van der Waals surface area contributed by atoms with E-state index in [2.05, 4.69) is 10.3 Å². The number of quaternary nitrogens is 1. The average Bonchev–Trinajstić information content (AvgIpc) is 3.34. The maximum absolute atomic E-state index is 13.9. The highest BCUT2D eigenvalue weighted by Crippen LogP contribution is 2.35. The van der Waals surface area contributed by atoms with Crippen molar-refractivity contribution in [1.29, 1.82) is 0 Å². The Morgan fingerprint density at radius 2 is 1.84 bits per heavy atom. The molecule has 1 aliphatic carbocycles. The van der Waals surface area contributed by atoms with E-state index >= 15 is 0 Å². The smallest absolute Gasteiger partial charge is 0.360 e. The van der Waals surface area contributed by atoms with E-state index in [4.69, 9.17) is 0 Å². The molecule has 0 saturated carbocycles. The molecule has 0 spiro atoms. The molecule has 1 atom stereocenters. The number of hydrogen-bond acceptors (Lipinski definition) is 2. The van der Waals surface area contributed by atoms with E-state index < -0.39 is 23.1 Å². The third kappa shape index (κ3) is 3.46. The summed E-state index contributed by atoms with van der Waals surface area (Å²) in [5.41, 5.74) is -0.444. The van der Waals surface area contributed by atoms with Gasteiger partial charge in [0.05, 0.1) is 17.7 Å². The van der Waals surface area contributed by atoms with E-state index in [1.807, 2.05) is 0 Å². The number of hydrogen-bond donors (Lipinski definition) is 3. The fraction of sp³-hybridized carbons (Fsp3) is 0.417. The van der Waals surface area contributed by atoms with Gasteiger partial charge in [0.25, 0.3) is 5.91 Å². The molecule has 5 rings (SSSR count). The summed E-state index contributed by atoms with van der Waals surface area (Å²) in [6, 6.07) is 5.87. The number of rotatable bonds is 3. The van der Waals surface area contributed by atoms with Crippen LogP contribution in [-0.4, -0.2) is 35.2 Å². The minimum Gasteiger partial charge on any atom is -0.360 e. The minimum atomic E-state index is -4.56. The van der Waals surface area contributed by atoms with Crippen LogP contribution in [0.5, 0.6) is 0 Å². The normalized spacial score (nSPS) is 27.4. The van der Waals surface area contributed by atoms with Crippen molar-refractivity contribution >= 4 is 16.8 Å². The fourth-order valence-corrected chi connectivity index (χ4v) is 5.82. The Balaban J connectivity index is 1.45. The van der Waals surface area contributed by atoms with E-state index in [0.717, 1.165) is 25.7 Å². The van der Waals surface area contributed by atoms with Gasteiger partial charge in [-0.05, 0) is 30.7 Å². The molecule has 5 nitrogen and oxygen atoms in total. The lowest BCUT2D eigenvalue weighted by Crippen LogP contribution is -3.18. The first-order chi connectivity index (χ1) is 15.2. The number of aromatic amines is 1. The molecule has 2 aliphatic heterocycles. The molecular weight excluding hydrogens is 419 g/mol. The third-order valence-electron chi connectivity index (χ3n) is 7.29. The second-order valence-electron chi connectivity index (χ2n) is 9.09. The Labute approximate surface area is 183 Å². The van der Waals surface area contributed by atoms with Gasteiger partial charge in [-0.1, -0.05) is 12.1 Å². The van der Waals surface area contributed by atoms with Crippen LogP contribution < -0.4 is 15.6 Å². The van der Waals surface area contributed by atoms with Crippen LogP contribution in [0.2, 0.25) is 0 Å². The molecule has 168 valence electrons. The number of amides is 1. The van der Waals surface area contributed by atoms with Crippen LogP contribution in [-0.2, 0) is 0 Å². The number of halogens is 3. The summed E-state index contributed by atoms with van der Waals surface area (Å²) in [4.78, 5) is 29.9. The molecule has 2 aromatic rings. The SMILES string of the molecule is Cc1cccc2[nH]cc(C(=O)NC3=C(C(F)(F)F)CC([NH+]4C5CCC4CC5)C=C3)c(=O)c12. The highest BCUT2D eigenvalue weighted by atomic mass is 19.4. The minimum absolute atomic E-state index is 0.162. The number of carbonyl (C=O) groups excluding carboxylic acids is 1. The summed E-state index contributed by atoms with van der Waals surface area (Å²) in [5.74, 6) is -0.843. The maximum atomic E-state index is 13.9. The molecule has 3 heterocycles. The van der Waals surface area contributed by atoms with Crippen molar-refractivity contribution in [2.24, 2.45) is 0 Å². The molecule has 1 amide bonds. The Morgan fingerprint density at radius 3 is 2.50 bits per heavy atom. The monoisotopic (exact) mass is 444 g/mol. The van der Waals surface area contributed by atoms with Crippen molar-refractivity contribution in [3.63, 3.8) is 0 Å². The Hall–Kier alpha value is -2.87. The van der Waals surface area contributed by atoms with Gasteiger partial charge in [-0.25, -0.2) is 0 Å². The van der Waals surface area contributed by atoms with Crippen LogP contribution >= 0.6 is 0 Å². The van der Waals surface area contributed by atoms with Gasteiger partial charge in [0.2, 0.25) is 5.43 Å². The third-order valence-corrected chi connectivity index (χ3v) is 7.29. The van der Waals surface area contributed by atoms with Crippen molar-refractivity contribution in [3.8, 4) is 0 Å². The second kappa shape index (κ2) is 7.62. The van der Waals surface area contributed by atoms with E-state index in [0.29, 0.717) is 28.6 Å². The molecule has 2 saturated heterocycles. The molecule has 2 bridgehead atoms. The highest BCUT2D eigenvalue weighted by Gasteiger charge is 2.49. The Kier molecular flexibility index (Phi) is 5.00. The quantitative estimate of drug-likeness (QED) is 0.682. The zero-order chi connectivity index (χ0) is 22.6. The van der Waals surface area contributed by atoms with Crippen molar-refractivity contribution in [2.45, 2.75) is 63.3 Å². The van der Waals surface area contributed by atoms with Crippen molar-refractivity contribution in [3.05, 3.63) is 69.2 Å². The van der Waals surface area contributed by atoms with Gasteiger partial charge in [0.1, 0.15) is 11.6 Å². The van der Waals surface area contributed by atoms with Crippen LogP contribution in [0.15, 0.2) is 52.6 Å². The summed E-state index contributed by atoms with van der Waals surface area (Å²) in [6.07, 6.45) is 4.00. The van der Waals surface area contributed by atoms with E-state index in [1.54, 1.807) is 31.2 Å². The predicted octanol–water partition coefficient (Wildman–Crippen LogP) is 2.92. The number of allylic oxidation sites excluding steroid dienone is 1. The molecule has 1 aromatic heterocycles. The summed E-state index contributed by atoms with van der Waals surface area (Å²) >= 11 is 0. The lowest BCUT2D eigenvalue weighted by atomic mass is 9.95. The van der Waals surface area contributed by atoms with Gasteiger partial charge in [0, 0.05) is 54.9 Å². The topological polar surface area (TPSA) is 66.4 Å². The first-order valence-electron chi connectivity index (χ1n) is 11.0. The van der Waals surface area contributed by atoms with Gasteiger partial charge >= 0.3 is 6.18 Å². The number of pyridine rings is 1. The van der Waals surface area contributed by atoms with Gasteiger partial charge < -0.3 is 15.2 Å². The number of H-pyrrole nitrogens is 1. The van der Waals surface area contributed by atoms with Crippen LogP contribution in [0, 0.1) is 6.92 Å². The van der Waals surface area contributed by atoms with Gasteiger partial charge in [-0.15, -0.1) is 0 Å². The summed E-state index contributed by atoms with van der Waals surface area (Å²) < 4.78 is 41.8. The molecule has 3 aliphatic rings. The lowest BCUT2D eigenvalue weighted by molar-refractivity contribution is -0.940. The zero-order valence-electron chi connectivity index (χ0n) is 17.7.